The van der Waals surface area contributed by atoms with Crippen LogP contribution in [0.5, 0.6) is 11.5 Å². The predicted octanol–water partition coefficient (Wildman–Crippen LogP) is 3.27. The Morgan fingerprint density at radius 3 is 2.58 bits per heavy atom. The van der Waals surface area contributed by atoms with E-state index >= 15 is 0 Å². The minimum absolute atomic E-state index is 0.0492. The first kappa shape index (κ1) is 19.8. The van der Waals surface area contributed by atoms with E-state index in [9.17, 15) is 9.59 Å². The number of rotatable bonds is 3. The molecule has 0 bridgehead atoms. The summed E-state index contributed by atoms with van der Waals surface area (Å²) >= 11 is 1.33. The number of carbonyl (C=O) groups is 2. The average molecular weight is 439 g/mol. The number of nitrogens with zero attached hydrogens (tertiary/aromatic N) is 2. The normalized spacial score (nSPS) is 15.6. The lowest BCUT2D eigenvalue weighted by atomic mass is 9.90. The number of aryl methyl sites for hydroxylation is 2. The lowest BCUT2D eigenvalue weighted by Gasteiger charge is -2.18. The maximum atomic E-state index is 13.0. The van der Waals surface area contributed by atoms with E-state index in [1.54, 1.807) is 4.57 Å². The summed E-state index contributed by atoms with van der Waals surface area (Å²) in [6, 6.07) is 9.52. The average Bonchev–Trinajstić information content (AvgIpc) is 3.12. The van der Waals surface area contributed by atoms with Gasteiger partial charge in [-0.05, 0) is 48.9 Å². The van der Waals surface area contributed by atoms with Gasteiger partial charge in [-0.25, -0.2) is 0 Å². The lowest BCUT2D eigenvalue weighted by Crippen LogP contribution is -2.22. The number of hydrogen-bond acceptors (Lipinski definition) is 6. The molecule has 0 saturated carbocycles. The summed E-state index contributed by atoms with van der Waals surface area (Å²) in [6.45, 7) is 0.903. The van der Waals surface area contributed by atoms with Crippen molar-refractivity contribution >= 4 is 33.4 Å². The summed E-state index contributed by atoms with van der Waals surface area (Å²) in [5.41, 5.74) is 3.86. The first-order valence-electron chi connectivity index (χ1n) is 10.3. The molecule has 31 heavy (non-hydrogen) atoms. The summed E-state index contributed by atoms with van der Waals surface area (Å²) < 4.78 is 18.8. The number of fused-ring (bicyclic) bond motifs is 3. The minimum Gasteiger partial charge on any atom is -0.486 e. The second-order valence-electron chi connectivity index (χ2n) is 7.62. The minimum atomic E-state index is -0.419. The number of thiazole rings is 1. The third-order valence-corrected chi connectivity index (χ3v) is 6.70. The Labute approximate surface area is 182 Å². The van der Waals surface area contributed by atoms with Crippen molar-refractivity contribution in [3.05, 3.63) is 51.8 Å². The van der Waals surface area contributed by atoms with Gasteiger partial charge in [0.05, 0.1) is 17.3 Å². The van der Waals surface area contributed by atoms with E-state index in [2.05, 4.69) is 4.99 Å². The monoisotopic (exact) mass is 438 g/mol. The fourth-order valence-electron chi connectivity index (χ4n) is 4.06. The number of esters is 1. The highest BCUT2D eigenvalue weighted by Crippen LogP contribution is 2.35. The highest BCUT2D eigenvalue weighted by molar-refractivity contribution is 7.16. The molecule has 2 heterocycles. The van der Waals surface area contributed by atoms with Crippen LogP contribution in [0, 0.1) is 0 Å². The second kappa shape index (κ2) is 8.19. The van der Waals surface area contributed by atoms with E-state index in [1.165, 1.54) is 36.0 Å². The molecule has 8 heteroatoms. The summed E-state index contributed by atoms with van der Waals surface area (Å²) in [4.78, 5) is 29.9. The van der Waals surface area contributed by atoms with Crippen LogP contribution in [0.15, 0.2) is 35.3 Å². The zero-order valence-electron chi connectivity index (χ0n) is 17.2. The van der Waals surface area contributed by atoms with Crippen molar-refractivity contribution < 1.29 is 23.8 Å². The first-order chi connectivity index (χ1) is 15.1. The van der Waals surface area contributed by atoms with Crippen LogP contribution in [0.3, 0.4) is 0 Å². The summed E-state index contributed by atoms with van der Waals surface area (Å²) in [6.07, 6.45) is 4.39. The predicted molar refractivity (Wildman–Crippen MR) is 116 cm³/mol. The maximum Gasteiger partial charge on any atom is 0.325 e. The summed E-state index contributed by atoms with van der Waals surface area (Å²) in [7, 11) is 1.34. The van der Waals surface area contributed by atoms with Gasteiger partial charge in [-0.3, -0.25) is 9.59 Å². The van der Waals surface area contributed by atoms with E-state index in [0.717, 1.165) is 29.5 Å². The van der Waals surface area contributed by atoms with Crippen LogP contribution in [-0.4, -0.2) is 36.8 Å². The third-order valence-electron chi connectivity index (χ3n) is 5.65. The fourth-order valence-corrected chi connectivity index (χ4v) is 5.09. The van der Waals surface area contributed by atoms with Crippen LogP contribution in [0.25, 0.3) is 10.2 Å². The largest absolute Gasteiger partial charge is 0.486 e. The quantitative estimate of drug-likeness (QED) is 0.587. The van der Waals surface area contributed by atoms with E-state index in [4.69, 9.17) is 14.2 Å². The number of ether oxygens (including phenoxy) is 3. The number of methoxy groups -OCH3 is 1. The van der Waals surface area contributed by atoms with Crippen LogP contribution >= 0.6 is 11.3 Å². The number of hydrogen-bond donors (Lipinski definition) is 0. The number of benzene rings is 2. The zero-order valence-corrected chi connectivity index (χ0v) is 18.0. The highest BCUT2D eigenvalue weighted by atomic mass is 32.1. The van der Waals surface area contributed by atoms with Gasteiger partial charge in [0.2, 0.25) is 0 Å². The SMILES string of the molecule is COC(=O)Cn1c(=NC(=O)c2ccc3c(c2)CCCC3)sc2cc3c(cc21)OCCO3. The number of aromatic nitrogens is 1. The Balaban J connectivity index is 1.60. The van der Waals surface area contributed by atoms with Crippen molar-refractivity contribution in [2.75, 3.05) is 20.3 Å². The molecule has 0 N–H and O–H groups in total. The number of amides is 1. The molecule has 0 atom stereocenters. The van der Waals surface area contributed by atoms with Gasteiger partial charge in [0.15, 0.2) is 16.3 Å². The Morgan fingerprint density at radius 1 is 1.06 bits per heavy atom. The molecule has 1 amide bonds. The van der Waals surface area contributed by atoms with Gasteiger partial charge in [-0.2, -0.15) is 4.99 Å². The Kier molecular flexibility index (Phi) is 5.23. The molecule has 160 valence electrons. The van der Waals surface area contributed by atoms with Crippen LogP contribution in [0.4, 0.5) is 0 Å². The van der Waals surface area contributed by atoms with Crippen LogP contribution in [-0.2, 0) is 28.9 Å². The van der Waals surface area contributed by atoms with Crippen LogP contribution < -0.4 is 14.3 Å². The third kappa shape index (κ3) is 3.83. The van der Waals surface area contributed by atoms with Gasteiger partial charge in [-0.15, -0.1) is 0 Å². The van der Waals surface area contributed by atoms with Gasteiger partial charge >= 0.3 is 5.97 Å². The van der Waals surface area contributed by atoms with Crippen molar-refractivity contribution in [3.63, 3.8) is 0 Å². The van der Waals surface area contributed by atoms with E-state index < -0.39 is 5.97 Å². The Hall–Kier alpha value is -3.13. The molecule has 0 spiro atoms. The number of carbonyl (C=O) groups excluding carboxylic acids is 2. The molecular weight excluding hydrogens is 416 g/mol. The molecule has 0 radical (unpaired) electrons. The standard InChI is InChI=1S/C23H22N2O5S/c1-28-21(26)13-25-17-11-18-19(30-9-8-29-18)12-20(17)31-23(25)24-22(27)16-7-6-14-4-2-3-5-15(14)10-16/h6-7,10-12H,2-5,8-9,13H2,1H3. The highest BCUT2D eigenvalue weighted by Gasteiger charge is 2.19. The zero-order chi connectivity index (χ0) is 21.4. The van der Waals surface area contributed by atoms with E-state index in [1.807, 2.05) is 30.3 Å². The second-order valence-corrected chi connectivity index (χ2v) is 8.63. The van der Waals surface area contributed by atoms with Crippen molar-refractivity contribution in [3.8, 4) is 11.5 Å². The lowest BCUT2D eigenvalue weighted by molar-refractivity contribution is -0.141. The van der Waals surface area contributed by atoms with Crippen LogP contribution in [0.2, 0.25) is 0 Å². The van der Waals surface area contributed by atoms with E-state index in [-0.39, 0.29) is 12.5 Å². The van der Waals surface area contributed by atoms with Gasteiger partial charge in [0.25, 0.3) is 5.91 Å². The molecule has 0 fully saturated rings. The molecular formula is C23H22N2O5S. The van der Waals surface area contributed by atoms with Gasteiger partial charge in [-0.1, -0.05) is 17.4 Å². The van der Waals surface area contributed by atoms with Gasteiger partial charge in [0.1, 0.15) is 19.8 Å². The molecule has 1 aromatic heterocycles. The first-order valence-corrected chi connectivity index (χ1v) is 11.1. The van der Waals surface area contributed by atoms with Crippen molar-refractivity contribution in [1.82, 2.24) is 4.57 Å². The molecule has 2 aromatic carbocycles. The summed E-state index contributed by atoms with van der Waals surface area (Å²) in [5.74, 6) is 0.522. The molecule has 3 aromatic rings. The van der Waals surface area contributed by atoms with Crippen LogP contribution in [0.1, 0.15) is 34.3 Å². The molecule has 0 unspecified atom stereocenters. The van der Waals surface area contributed by atoms with Gasteiger partial charge in [0, 0.05) is 17.7 Å². The fraction of sp³-hybridized carbons (Fsp3) is 0.348. The van der Waals surface area contributed by atoms with Gasteiger partial charge < -0.3 is 18.8 Å². The molecule has 5 rings (SSSR count). The Bertz CT molecular complexity index is 1260. The molecule has 7 nitrogen and oxygen atoms in total. The summed E-state index contributed by atoms with van der Waals surface area (Å²) in [5, 5.41) is 0. The smallest absolute Gasteiger partial charge is 0.325 e. The topological polar surface area (TPSA) is 79.1 Å². The Morgan fingerprint density at radius 2 is 1.81 bits per heavy atom. The van der Waals surface area contributed by atoms with Crippen molar-refractivity contribution in [2.24, 2.45) is 4.99 Å². The molecule has 1 aliphatic heterocycles. The molecule has 0 saturated heterocycles. The maximum absolute atomic E-state index is 13.0. The van der Waals surface area contributed by atoms with Crippen molar-refractivity contribution in [2.45, 2.75) is 32.2 Å². The molecule has 1 aliphatic carbocycles. The molecule has 2 aliphatic rings. The van der Waals surface area contributed by atoms with Crippen molar-refractivity contribution in [1.29, 1.82) is 0 Å². The van der Waals surface area contributed by atoms with E-state index in [0.29, 0.717) is 35.1 Å².